The van der Waals surface area contributed by atoms with Crippen molar-refractivity contribution in [2.75, 3.05) is 12.3 Å². The highest BCUT2D eigenvalue weighted by Gasteiger charge is 2.06. The van der Waals surface area contributed by atoms with Crippen LogP contribution in [0.5, 0.6) is 0 Å². The van der Waals surface area contributed by atoms with Gasteiger partial charge in [0.25, 0.3) is 0 Å². The molecule has 1 aromatic rings. The summed E-state index contributed by atoms with van der Waals surface area (Å²) in [6.45, 7) is 4.98. The van der Waals surface area contributed by atoms with Crippen LogP contribution in [0.25, 0.3) is 0 Å². The molecule has 1 heterocycles. The van der Waals surface area contributed by atoms with Crippen LogP contribution in [-0.4, -0.2) is 22.4 Å². The molecule has 1 aromatic heterocycles. The van der Waals surface area contributed by atoms with Gasteiger partial charge in [-0.25, -0.2) is 0 Å². The number of aromatic nitrogens is 2. The third-order valence-corrected chi connectivity index (χ3v) is 3.28. The van der Waals surface area contributed by atoms with E-state index in [9.17, 15) is 0 Å². The van der Waals surface area contributed by atoms with Gasteiger partial charge in [-0.05, 0) is 24.6 Å². The molecule has 0 spiro atoms. The molecule has 0 aliphatic carbocycles. The molecule has 0 bridgehead atoms. The predicted octanol–water partition coefficient (Wildman–Crippen LogP) is 1.85. The normalized spacial score (nSPS) is 13.0. The number of hydrogen-bond donors (Lipinski definition) is 1. The Balaban J connectivity index is 2.25. The number of nitrogens with zero attached hydrogens (tertiary/aromatic N) is 2. The second-order valence-corrected chi connectivity index (χ2v) is 4.74. The lowest BCUT2D eigenvalue weighted by molar-refractivity contribution is 0.373. The van der Waals surface area contributed by atoms with E-state index in [1.807, 2.05) is 0 Å². The average molecular weight is 229 g/mol. The summed E-state index contributed by atoms with van der Waals surface area (Å²) in [6.07, 6.45) is 1.91. The summed E-state index contributed by atoms with van der Waals surface area (Å²) >= 11 is 1.81. The Morgan fingerprint density at radius 1 is 1.53 bits per heavy atom. The first kappa shape index (κ1) is 12.5. The van der Waals surface area contributed by atoms with Gasteiger partial charge in [0, 0.05) is 6.42 Å². The minimum absolute atomic E-state index is 0.553. The fourth-order valence-electron chi connectivity index (χ4n) is 1.08. The fourth-order valence-corrected chi connectivity index (χ4v) is 2.04. The summed E-state index contributed by atoms with van der Waals surface area (Å²) in [5.41, 5.74) is 5.53. The molecule has 1 rings (SSSR count). The molecule has 1 atom stereocenters. The monoisotopic (exact) mass is 229 g/mol. The first-order chi connectivity index (χ1) is 7.26. The van der Waals surface area contributed by atoms with E-state index in [0.29, 0.717) is 5.92 Å². The average Bonchev–Trinajstić information content (AvgIpc) is 2.66. The van der Waals surface area contributed by atoms with Crippen LogP contribution in [0.1, 0.15) is 32.0 Å². The molecule has 1 unspecified atom stereocenters. The Morgan fingerprint density at radius 3 is 3.00 bits per heavy atom. The molecule has 0 radical (unpaired) electrons. The number of rotatable bonds is 7. The molecule has 0 fully saturated rings. The molecular weight excluding hydrogens is 210 g/mol. The van der Waals surface area contributed by atoms with Crippen molar-refractivity contribution < 1.29 is 4.52 Å². The van der Waals surface area contributed by atoms with Crippen LogP contribution >= 0.6 is 11.8 Å². The van der Waals surface area contributed by atoms with Crippen molar-refractivity contribution in [1.82, 2.24) is 10.1 Å². The number of aryl methyl sites for hydroxylation is 1. The van der Waals surface area contributed by atoms with Crippen molar-refractivity contribution in [3.8, 4) is 0 Å². The third-order valence-electron chi connectivity index (χ3n) is 2.01. The van der Waals surface area contributed by atoms with Crippen LogP contribution < -0.4 is 5.73 Å². The Morgan fingerprint density at radius 2 is 2.33 bits per heavy atom. The molecule has 0 saturated heterocycles. The highest BCUT2D eigenvalue weighted by Crippen LogP contribution is 2.13. The van der Waals surface area contributed by atoms with Gasteiger partial charge in [0.15, 0.2) is 5.82 Å². The molecule has 2 N–H and O–H groups in total. The largest absolute Gasteiger partial charge is 0.339 e. The molecule has 0 saturated carbocycles. The van der Waals surface area contributed by atoms with Crippen molar-refractivity contribution in [2.45, 2.75) is 32.4 Å². The first-order valence-electron chi connectivity index (χ1n) is 5.35. The first-order valence-corrected chi connectivity index (χ1v) is 6.51. The molecule has 0 aliphatic heterocycles. The highest BCUT2D eigenvalue weighted by molar-refractivity contribution is 7.98. The van der Waals surface area contributed by atoms with Crippen molar-refractivity contribution in [3.63, 3.8) is 0 Å². The molecule has 0 aromatic carbocycles. The van der Waals surface area contributed by atoms with Crippen molar-refractivity contribution in [2.24, 2.45) is 11.7 Å². The smallest absolute Gasteiger partial charge is 0.226 e. The second kappa shape index (κ2) is 6.85. The van der Waals surface area contributed by atoms with Gasteiger partial charge >= 0.3 is 0 Å². The maximum atomic E-state index is 5.53. The van der Waals surface area contributed by atoms with E-state index < -0.39 is 0 Å². The lowest BCUT2D eigenvalue weighted by atomic mass is 10.2. The van der Waals surface area contributed by atoms with Gasteiger partial charge in [-0.15, -0.1) is 0 Å². The molecule has 4 nitrogen and oxygen atoms in total. The van der Waals surface area contributed by atoms with Gasteiger partial charge < -0.3 is 10.3 Å². The van der Waals surface area contributed by atoms with Crippen LogP contribution in [-0.2, 0) is 12.2 Å². The van der Waals surface area contributed by atoms with Gasteiger partial charge in [-0.1, -0.05) is 19.0 Å². The number of nitrogens with two attached hydrogens (primary N) is 1. The summed E-state index contributed by atoms with van der Waals surface area (Å²) in [4.78, 5) is 4.29. The van der Waals surface area contributed by atoms with E-state index in [-0.39, 0.29) is 0 Å². The summed E-state index contributed by atoms with van der Waals surface area (Å²) in [7, 11) is 0. The van der Waals surface area contributed by atoms with E-state index in [0.717, 1.165) is 42.6 Å². The number of hydrogen-bond acceptors (Lipinski definition) is 5. The van der Waals surface area contributed by atoms with Gasteiger partial charge in [0.2, 0.25) is 5.89 Å². The fraction of sp³-hybridized carbons (Fsp3) is 0.800. The third kappa shape index (κ3) is 4.66. The van der Waals surface area contributed by atoms with E-state index in [4.69, 9.17) is 10.3 Å². The molecule has 0 aliphatic rings. The topological polar surface area (TPSA) is 64.9 Å². The predicted molar refractivity (Wildman–Crippen MR) is 62.7 cm³/mol. The van der Waals surface area contributed by atoms with E-state index in [2.05, 4.69) is 24.0 Å². The van der Waals surface area contributed by atoms with Gasteiger partial charge in [-0.3, -0.25) is 0 Å². The van der Waals surface area contributed by atoms with Gasteiger partial charge in [0.1, 0.15) is 0 Å². The Hall–Kier alpha value is -0.550. The summed E-state index contributed by atoms with van der Waals surface area (Å²) in [6, 6.07) is 0. The summed E-state index contributed by atoms with van der Waals surface area (Å²) < 4.78 is 5.09. The zero-order valence-electron chi connectivity index (χ0n) is 9.40. The van der Waals surface area contributed by atoms with Crippen LogP contribution in [0.3, 0.4) is 0 Å². The number of thioether (sulfide) groups is 1. The zero-order valence-corrected chi connectivity index (χ0v) is 10.2. The zero-order chi connectivity index (χ0) is 11.1. The standard InChI is InChI=1S/C10H19N3OS/c1-3-4-10-12-9(13-14-10)7-15-6-8(2)5-11/h8H,3-7,11H2,1-2H3. The molecule has 0 amide bonds. The maximum absolute atomic E-state index is 5.53. The second-order valence-electron chi connectivity index (χ2n) is 3.71. The Labute approximate surface area is 95.0 Å². The van der Waals surface area contributed by atoms with Crippen LogP contribution in [0.15, 0.2) is 4.52 Å². The minimum Gasteiger partial charge on any atom is -0.339 e. The quantitative estimate of drug-likeness (QED) is 0.773. The van der Waals surface area contributed by atoms with Gasteiger partial charge in [0.05, 0.1) is 5.75 Å². The summed E-state index contributed by atoms with van der Waals surface area (Å²) in [5.74, 6) is 3.97. The Kier molecular flexibility index (Phi) is 5.71. The lowest BCUT2D eigenvalue weighted by Crippen LogP contribution is -2.12. The van der Waals surface area contributed by atoms with Crippen molar-refractivity contribution >= 4 is 11.8 Å². The Bertz CT molecular complexity index is 277. The van der Waals surface area contributed by atoms with Crippen molar-refractivity contribution in [3.05, 3.63) is 11.7 Å². The molecule has 5 heteroatoms. The van der Waals surface area contributed by atoms with E-state index >= 15 is 0 Å². The van der Waals surface area contributed by atoms with Crippen molar-refractivity contribution in [1.29, 1.82) is 0 Å². The SMILES string of the molecule is CCCc1nc(CSCC(C)CN)no1. The maximum Gasteiger partial charge on any atom is 0.226 e. The van der Waals surface area contributed by atoms with E-state index in [1.165, 1.54) is 0 Å². The van der Waals surface area contributed by atoms with Crippen LogP contribution in [0.4, 0.5) is 0 Å². The van der Waals surface area contributed by atoms with Gasteiger partial charge in [-0.2, -0.15) is 16.7 Å². The van der Waals surface area contributed by atoms with Crippen LogP contribution in [0, 0.1) is 5.92 Å². The molecular formula is C10H19N3OS. The summed E-state index contributed by atoms with van der Waals surface area (Å²) in [5, 5.41) is 3.92. The molecule has 15 heavy (non-hydrogen) atoms. The van der Waals surface area contributed by atoms with Crippen LogP contribution in [0.2, 0.25) is 0 Å². The lowest BCUT2D eigenvalue weighted by Gasteiger charge is -2.05. The van der Waals surface area contributed by atoms with E-state index in [1.54, 1.807) is 11.8 Å². The highest BCUT2D eigenvalue weighted by atomic mass is 32.2. The molecule has 86 valence electrons. The minimum atomic E-state index is 0.553.